The molecule has 3 atom stereocenters. The predicted molar refractivity (Wildman–Crippen MR) is 132 cm³/mol. The lowest BCUT2D eigenvalue weighted by Crippen LogP contribution is -2.39. The van der Waals surface area contributed by atoms with Gasteiger partial charge in [-0.1, -0.05) is 38.1 Å². The van der Waals surface area contributed by atoms with Gasteiger partial charge in [-0.15, -0.1) is 0 Å². The molecular weight excluding hydrogens is 432 g/mol. The van der Waals surface area contributed by atoms with Crippen molar-refractivity contribution in [2.75, 3.05) is 19.0 Å². The summed E-state index contributed by atoms with van der Waals surface area (Å²) < 4.78 is 5.25. The Balaban J connectivity index is 1.66. The molecule has 7 nitrogen and oxygen atoms in total. The Morgan fingerprint density at radius 2 is 1.79 bits per heavy atom. The number of hydrogen-bond donors (Lipinski definition) is 3. The summed E-state index contributed by atoms with van der Waals surface area (Å²) in [5.41, 5.74) is 3.02. The number of nitrogens with zero attached hydrogens (tertiary/aromatic N) is 1. The quantitative estimate of drug-likeness (QED) is 0.476. The molecule has 0 aliphatic heterocycles. The Bertz CT molecular complexity index is 960. The van der Waals surface area contributed by atoms with E-state index in [0.29, 0.717) is 37.4 Å². The molecule has 0 saturated heterocycles. The van der Waals surface area contributed by atoms with Crippen LogP contribution in [0.5, 0.6) is 5.75 Å². The number of aliphatic hydroxyl groups is 1. The van der Waals surface area contributed by atoms with Crippen molar-refractivity contribution >= 4 is 17.6 Å². The third-order valence-electron chi connectivity index (χ3n) is 6.53. The van der Waals surface area contributed by atoms with Crippen LogP contribution >= 0.6 is 0 Å². The van der Waals surface area contributed by atoms with E-state index < -0.39 is 12.1 Å². The summed E-state index contributed by atoms with van der Waals surface area (Å²) in [6, 6.07) is 15.4. The second kappa shape index (κ2) is 11.9. The highest BCUT2D eigenvalue weighted by Gasteiger charge is 2.32. The Hall–Kier alpha value is -3.06. The molecule has 0 heterocycles. The molecule has 184 valence electrons. The minimum Gasteiger partial charge on any atom is -0.497 e. The first kappa shape index (κ1) is 25.6. The van der Waals surface area contributed by atoms with Gasteiger partial charge in [0.1, 0.15) is 12.3 Å². The van der Waals surface area contributed by atoms with Crippen LogP contribution in [0.4, 0.5) is 5.69 Å². The number of rotatable bonds is 9. The summed E-state index contributed by atoms with van der Waals surface area (Å²) in [7, 11) is 1.57. The monoisotopic (exact) mass is 468 g/mol. The predicted octanol–water partition coefficient (Wildman–Crippen LogP) is 4.26. The van der Waals surface area contributed by atoms with E-state index in [9.17, 15) is 19.8 Å². The van der Waals surface area contributed by atoms with Crippen LogP contribution in [-0.2, 0) is 16.1 Å². The molecular formula is C27H36N2O5. The fraction of sp³-hybridized carbons (Fsp3) is 0.481. The fourth-order valence-electron chi connectivity index (χ4n) is 4.51. The van der Waals surface area contributed by atoms with Gasteiger partial charge < -0.3 is 25.2 Å². The lowest BCUT2D eigenvalue weighted by molar-refractivity contribution is -0.147. The molecule has 1 aliphatic carbocycles. The first-order valence-electron chi connectivity index (χ1n) is 11.9. The highest BCUT2D eigenvalue weighted by atomic mass is 16.5. The number of nitrogens with one attached hydrogen (secondary N) is 1. The molecule has 2 aromatic rings. The lowest BCUT2D eigenvalue weighted by atomic mass is 9.98. The summed E-state index contributed by atoms with van der Waals surface area (Å²) >= 11 is 0. The first-order chi connectivity index (χ1) is 16.3. The molecule has 3 N–H and O–H groups in total. The van der Waals surface area contributed by atoms with Crippen molar-refractivity contribution < 1.29 is 24.5 Å². The maximum absolute atomic E-state index is 13.3. The minimum absolute atomic E-state index is 0.158. The molecule has 0 bridgehead atoms. The topological polar surface area (TPSA) is 99.1 Å². The zero-order valence-corrected chi connectivity index (χ0v) is 20.2. The standard InChI is InChI=1S/C27H36N2O5/c1-18(2)20-7-11-22(12-8-20)28-24-13-9-21(10-14-25(24)30)27(33)29(17-26(31)32)16-19-5-4-6-23(15-19)34-3/h4-8,11-12,15,18,21,24-25,28,30H,9-10,13-14,16-17H2,1-3H3,(H,31,32)/t21-,24+,25+/m1/s1. The Kier molecular flexibility index (Phi) is 8.93. The fourth-order valence-corrected chi connectivity index (χ4v) is 4.51. The number of carbonyl (C=O) groups excluding carboxylic acids is 1. The molecule has 1 amide bonds. The number of amides is 1. The van der Waals surface area contributed by atoms with E-state index in [-0.39, 0.29) is 31.0 Å². The third kappa shape index (κ3) is 6.97. The number of anilines is 1. The zero-order valence-electron chi connectivity index (χ0n) is 20.2. The number of benzene rings is 2. The second-order valence-electron chi connectivity index (χ2n) is 9.39. The van der Waals surface area contributed by atoms with Crippen molar-refractivity contribution in [2.24, 2.45) is 5.92 Å². The molecule has 0 aromatic heterocycles. The Morgan fingerprint density at radius 1 is 1.09 bits per heavy atom. The number of carbonyl (C=O) groups is 2. The van der Waals surface area contributed by atoms with Gasteiger partial charge in [-0.25, -0.2) is 0 Å². The number of carboxylic acids is 1. The van der Waals surface area contributed by atoms with Crippen LogP contribution in [0, 0.1) is 5.92 Å². The molecule has 0 spiro atoms. The smallest absolute Gasteiger partial charge is 0.323 e. The van der Waals surface area contributed by atoms with E-state index in [4.69, 9.17) is 4.74 Å². The summed E-state index contributed by atoms with van der Waals surface area (Å²) in [4.78, 5) is 26.2. The maximum Gasteiger partial charge on any atom is 0.323 e. The van der Waals surface area contributed by atoms with E-state index in [2.05, 4.69) is 31.3 Å². The van der Waals surface area contributed by atoms with Crippen LogP contribution in [0.3, 0.4) is 0 Å². The van der Waals surface area contributed by atoms with Gasteiger partial charge in [-0.05, 0) is 67.0 Å². The number of hydrogen-bond acceptors (Lipinski definition) is 5. The van der Waals surface area contributed by atoms with Gasteiger partial charge in [0.15, 0.2) is 0 Å². The first-order valence-corrected chi connectivity index (χ1v) is 11.9. The van der Waals surface area contributed by atoms with Crippen LogP contribution in [0.15, 0.2) is 48.5 Å². The zero-order chi connectivity index (χ0) is 24.7. The van der Waals surface area contributed by atoms with Gasteiger partial charge in [-0.2, -0.15) is 0 Å². The average molecular weight is 469 g/mol. The van der Waals surface area contributed by atoms with Crippen LogP contribution < -0.4 is 10.1 Å². The van der Waals surface area contributed by atoms with Crippen molar-refractivity contribution in [2.45, 2.75) is 64.1 Å². The van der Waals surface area contributed by atoms with Gasteiger partial charge in [-0.3, -0.25) is 9.59 Å². The van der Waals surface area contributed by atoms with Gasteiger partial charge in [0, 0.05) is 18.2 Å². The number of methoxy groups -OCH3 is 1. The Morgan fingerprint density at radius 3 is 2.44 bits per heavy atom. The summed E-state index contributed by atoms with van der Waals surface area (Å²) in [6.45, 7) is 4.14. The normalized spacial score (nSPS) is 20.4. The number of aliphatic hydroxyl groups excluding tert-OH is 1. The molecule has 1 aliphatic rings. The minimum atomic E-state index is -1.05. The van der Waals surface area contributed by atoms with E-state index in [1.54, 1.807) is 7.11 Å². The molecule has 7 heteroatoms. The Labute approximate surface area is 201 Å². The summed E-state index contributed by atoms with van der Waals surface area (Å²) in [5.74, 6) is -0.438. The highest BCUT2D eigenvalue weighted by Crippen LogP contribution is 2.29. The summed E-state index contributed by atoms with van der Waals surface area (Å²) in [6.07, 6.45) is 1.65. The van der Waals surface area contributed by atoms with E-state index in [0.717, 1.165) is 11.3 Å². The van der Waals surface area contributed by atoms with Crippen LogP contribution in [0.2, 0.25) is 0 Å². The molecule has 34 heavy (non-hydrogen) atoms. The molecule has 1 saturated carbocycles. The van der Waals surface area contributed by atoms with E-state index >= 15 is 0 Å². The maximum atomic E-state index is 13.3. The molecule has 0 radical (unpaired) electrons. The molecule has 0 unspecified atom stereocenters. The van der Waals surface area contributed by atoms with Crippen LogP contribution in [0.1, 0.15) is 56.6 Å². The van der Waals surface area contributed by atoms with Crippen LogP contribution in [-0.4, -0.2) is 52.8 Å². The number of carboxylic acid groups (broad SMARTS) is 1. The van der Waals surface area contributed by atoms with E-state index in [1.807, 2.05) is 36.4 Å². The molecule has 3 rings (SSSR count). The van der Waals surface area contributed by atoms with Crippen LogP contribution in [0.25, 0.3) is 0 Å². The number of ether oxygens (including phenoxy) is 1. The second-order valence-corrected chi connectivity index (χ2v) is 9.39. The SMILES string of the molecule is COc1cccc(CN(CC(=O)O)C(=O)[C@@H]2CC[C@H](Nc3ccc(C(C)C)cc3)[C@@H](O)CC2)c1. The van der Waals surface area contributed by atoms with Crippen molar-refractivity contribution in [3.05, 3.63) is 59.7 Å². The van der Waals surface area contributed by atoms with Gasteiger partial charge in [0.25, 0.3) is 0 Å². The molecule has 1 fully saturated rings. The van der Waals surface area contributed by atoms with Gasteiger partial charge in [0.2, 0.25) is 5.91 Å². The third-order valence-corrected chi connectivity index (χ3v) is 6.53. The van der Waals surface area contributed by atoms with Crippen molar-refractivity contribution in [1.82, 2.24) is 4.90 Å². The number of aliphatic carboxylic acids is 1. The largest absolute Gasteiger partial charge is 0.497 e. The van der Waals surface area contributed by atoms with Crippen molar-refractivity contribution in [3.63, 3.8) is 0 Å². The van der Waals surface area contributed by atoms with Crippen molar-refractivity contribution in [3.8, 4) is 5.75 Å². The van der Waals surface area contributed by atoms with E-state index in [1.165, 1.54) is 10.5 Å². The lowest BCUT2D eigenvalue weighted by Gasteiger charge is -2.26. The average Bonchev–Trinajstić information content (AvgIpc) is 3.00. The molecule has 2 aromatic carbocycles. The van der Waals surface area contributed by atoms with Gasteiger partial charge in [0.05, 0.1) is 19.3 Å². The summed E-state index contributed by atoms with van der Waals surface area (Å²) in [5, 5.41) is 23.6. The van der Waals surface area contributed by atoms with Gasteiger partial charge >= 0.3 is 5.97 Å². The van der Waals surface area contributed by atoms with Crippen molar-refractivity contribution in [1.29, 1.82) is 0 Å². The highest BCUT2D eigenvalue weighted by molar-refractivity contribution is 5.83.